The highest BCUT2D eigenvalue weighted by Gasteiger charge is 2.51. The van der Waals surface area contributed by atoms with Crippen molar-refractivity contribution in [3.8, 4) is 0 Å². The first kappa shape index (κ1) is 22.2. The van der Waals surface area contributed by atoms with Gasteiger partial charge in [0, 0.05) is 51.4 Å². The van der Waals surface area contributed by atoms with Crippen LogP contribution in [0.3, 0.4) is 0 Å². The first-order chi connectivity index (χ1) is 15.7. The Kier molecular flexibility index (Phi) is 5.39. The van der Waals surface area contributed by atoms with Gasteiger partial charge in [-0.05, 0) is 6.07 Å². The zero-order valence-electron chi connectivity index (χ0n) is 17.9. The normalized spacial score (nSPS) is 20.5. The third kappa shape index (κ3) is 3.99. The van der Waals surface area contributed by atoms with Gasteiger partial charge in [0.05, 0.1) is 40.0 Å². The molecule has 12 heteroatoms. The number of nitrogens with zero attached hydrogens (tertiary/aromatic N) is 3. The van der Waals surface area contributed by atoms with Crippen molar-refractivity contribution in [2.24, 2.45) is 5.41 Å². The summed E-state index contributed by atoms with van der Waals surface area (Å²) in [5.41, 5.74) is -0.525. The van der Waals surface area contributed by atoms with Gasteiger partial charge in [0.25, 0.3) is 5.91 Å². The highest BCUT2D eigenvalue weighted by molar-refractivity contribution is 7.17. The summed E-state index contributed by atoms with van der Waals surface area (Å²) in [6.07, 6.45) is -4.24. The van der Waals surface area contributed by atoms with E-state index in [9.17, 15) is 22.8 Å². The Morgan fingerprint density at radius 1 is 1.27 bits per heavy atom. The van der Waals surface area contributed by atoms with Crippen molar-refractivity contribution in [2.45, 2.75) is 25.1 Å². The molecule has 2 aromatic heterocycles. The number of rotatable bonds is 3. The number of piperidine rings is 1. The monoisotopic (exact) mass is 484 g/mol. The maximum absolute atomic E-state index is 13.8. The van der Waals surface area contributed by atoms with E-state index in [1.807, 2.05) is 0 Å². The number of ether oxygens (including phenoxy) is 2. The van der Waals surface area contributed by atoms with Crippen LogP contribution < -0.4 is 10.2 Å². The van der Waals surface area contributed by atoms with Crippen LogP contribution >= 0.6 is 11.3 Å². The van der Waals surface area contributed by atoms with Crippen LogP contribution in [0.15, 0.2) is 11.4 Å². The molecule has 0 saturated carbocycles. The molecule has 2 aromatic rings. The number of carbonyl (C=O) groups is 2. The average Bonchev–Trinajstić information content (AvgIpc) is 3.14. The van der Waals surface area contributed by atoms with Gasteiger partial charge in [-0.2, -0.15) is 13.2 Å². The fourth-order valence-electron chi connectivity index (χ4n) is 4.55. The van der Waals surface area contributed by atoms with E-state index in [0.717, 1.165) is 17.4 Å². The van der Waals surface area contributed by atoms with E-state index in [1.54, 1.807) is 9.80 Å². The fraction of sp³-hybridized carbons (Fsp3) is 0.571. The van der Waals surface area contributed by atoms with Gasteiger partial charge >= 0.3 is 12.3 Å². The second-order valence-corrected chi connectivity index (χ2v) is 9.73. The number of fused-ring (bicyclic) bond motifs is 1. The Hall–Kier alpha value is -2.60. The van der Waals surface area contributed by atoms with Crippen molar-refractivity contribution >= 4 is 39.4 Å². The Balaban J connectivity index is 1.28. The summed E-state index contributed by atoms with van der Waals surface area (Å²) in [5, 5.41) is 3.84. The van der Waals surface area contributed by atoms with E-state index in [0.29, 0.717) is 52.2 Å². The molecular formula is C21H23F3N4O4S. The lowest BCUT2D eigenvalue weighted by molar-refractivity contribution is -0.181. The Labute approximate surface area is 191 Å². The number of hydrogen-bond acceptors (Lipinski definition) is 7. The quantitative estimate of drug-likeness (QED) is 0.721. The van der Waals surface area contributed by atoms with Crippen LogP contribution in [-0.4, -0.2) is 74.4 Å². The van der Waals surface area contributed by atoms with Crippen LogP contribution in [-0.2, 0) is 15.7 Å². The number of hydrogen-bond donors (Lipinski definition) is 1. The molecule has 178 valence electrons. The topological polar surface area (TPSA) is 84.0 Å². The summed E-state index contributed by atoms with van der Waals surface area (Å²) in [6, 6.07) is 1.04. The summed E-state index contributed by atoms with van der Waals surface area (Å²) in [7, 11) is 1.42. The van der Waals surface area contributed by atoms with Crippen LogP contribution in [0.4, 0.5) is 23.8 Å². The third-order valence-electron chi connectivity index (χ3n) is 6.45. The molecule has 5 heterocycles. The van der Waals surface area contributed by atoms with Crippen molar-refractivity contribution in [3.63, 3.8) is 0 Å². The highest BCUT2D eigenvalue weighted by atomic mass is 32.1. The summed E-state index contributed by atoms with van der Waals surface area (Å²) < 4.78 is 52.0. The van der Waals surface area contributed by atoms with Gasteiger partial charge in [-0.3, -0.25) is 4.79 Å². The molecule has 0 aromatic carbocycles. The molecule has 0 aliphatic carbocycles. The summed E-state index contributed by atoms with van der Waals surface area (Å²) >= 11 is 0.858. The molecular weight excluding hydrogens is 461 g/mol. The lowest BCUT2D eigenvalue weighted by Gasteiger charge is -2.54. The molecule has 0 atom stereocenters. The van der Waals surface area contributed by atoms with Crippen LogP contribution in [0.2, 0.25) is 0 Å². The van der Waals surface area contributed by atoms with Crippen molar-refractivity contribution in [1.82, 2.24) is 15.2 Å². The fourth-order valence-corrected chi connectivity index (χ4v) is 5.57. The molecule has 3 fully saturated rings. The minimum absolute atomic E-state index is 0.0458. The van der Waals surface area contributed by atoms with E-state index >= 15 is 0 Å². The number of carbonyl (C=O) groups excluding carboxylic acids is 2. The third-order valence-corrected chi connectivity index (χ3v) is 7.45. The number of pyridine rings is 1. The smallest absolute Gasteiger partial charge is 0.417 e. The maximum atomic E-state index is 13.8. The van der Waals surface area contributed by atoms with Gasteiger partial charge in [0.2, 0.25) is 0 Å². The minimum atomic E-state index is -4.57. The molecule has 0 unspecified atom stereocenters. The molecule has 2 amide bonds. The number of thiophene rings is 1. The highest BCUT2D eigenvalue weighted by Crippen LogP contribution is 2.41. The minimum Gasteiger partial charge on any atom is -0.446 e. The van der Waals surface area contributed by atoms with Crippen LogP contribution in [0.25, 0.3) is 10.2 Å². The van der Waals surface area contributed by atoms with Gasteiger partial charge in [0.1, 0.15) is 11.9 Å². The van der Waals surface area contributed by atoms with Gasteiger partial charge in [0.15, 0.2) is 0 Å². The number of anilines is 1. The lowest BCUT2D eigenvalue weighted by atomic mass is 9.78. The standard InChI is InChI=1S/C21H23F3N4O4S/c1-25-18(29)13-7-33-17-14(21(22,23)24)6-15(26-16(13)17)27-4-2-12(3-5-27)32-19(30)28-8-20(9-28)10-31-11-20/h6-7,12H,2-5,8-11H2,1H3,(H,25,29). The second-order valence-electron chi connectivity index (χ2n) is 8.85. The Morgan fingerprint density at radius 2 is 1.97 bits per heavy atom. The van der Waals surface area contributed by atoms with E-state index in [2.05, 4.69) is 10.3 Å². The van der Waals surface area contributed by atoms with Crippen LogP contribution in [0.5, 0.6) is 0 Å². The largest absolute Gasteiger partial charge is 0.446 e. The van der Waals surface area contributed by atoms with Gasteiger partial charge < -0.3 is 24.6 Å². The van der Waals surface area contributed by atoms with E-state index in [-0.39, 0.29) is 39.2 Å². The summed E-state index contributed by atoms with van der Waals surface area (Å²) in [5.74, 6) is -0.316. The van der Waals surface area contributed by atoms with Gasteiger partial charge in [-0.1, -0.05) is 0 Å². The molecule has 1 N–H and O–H groups in total. The van der Waals surface area contributed by atoms with Crippen molar-refractivity contribution in [3.05, 3.63) is 22.6 Å². The molecule has 0 radical (unpaired) electrons. The van der Waals surface area contributed by atoms with E-state index in [4.69, 9.17) is 9.47 Å². The number of halogens is 3. The number of amides is 2. The van der Waals surface area contributed by atoms with E-state index < -0.39 is 17.6 Å². The van der Waals surface area contributed by atoms with Crippen molar-refractivity contribution < 1.29 is 32.2 Å². The summed E-state index contributed by atoms with van der Waals surface area (Å²) in [4.78, 5) is 32.3. The molecule has 3 saturated heterocycles. The predicted molar refractivity (Wildman–Crippen MR) is 115 cm³/mol. The SMILES string of the molecule is CNC(=O)c1csc2c(C(F)(F)F)cc(N3CCC(OC(=O)N4CC5(COC5)C4)CC3)nc12. The molecule has 8 nitrogen and oxygen atoms in total. The zero-order chi connectivity index (χ0) is 23.4. The average molecular weight is 485 g/mol. The van der Waals surface area contributed by atoms with Crippen molar-refractivity contribution in [2.75, 3.05) is 51.3 Å². The zero-order valence-corrected chi connectivity index (χ0v) is 18.7. The van der Waals surface area contributed by atoms with Crippen LogP contribution in [0, 0.1) is 5.41 Å². The first-order valence-corrected chi connectivity index (χ1v) is 11.6. The lowest BCUT2D eigenvalue weighted by Crippen LogP contribution is -2.67. The number of alkyl halides is 3. The Bertz CT molecular complexity index is 1090. The number of aromatic nitrogens is 1. The maximum Gasteiger partial charge on any atom is 0.417 e. The van der Waals surface area contributed by atoms with Gasteiger partial charge in [-0.15, -0.1) is 11.3 Å². The van der Waals surface area contributed by atoms with Crippen molar-refractivity contribution in [1.29, 1.82) is 0 Å². The molecule has 1 spiro atoms. The van der Waals surface area contributed by atoms with Crippen LogP contribution in [0.1, 0.15) is 28.8 Å². The summed E-state index contributed by atoms with van der Waals surface area (Å²) in [6.45, 7) is 3.43. The second kappa shape index (κ2) is 8.01. The molecule has 3 aliphatic rings. The molecule has 3 aliphatic heterocycles. The predicted octanol–water partition coefficient (Wildman–Crippen LogP) is 3.11. The van der Waals surface area contributed by atoms with Gasteiger partial charge in [-0.25, -0.2) is 9.78 Å². The van der Waals surface area contributed by atoms with E-state index in [1.165, 1.54) is 12.4 Å². The number of nitrogens with one attached hydrogen (secondary N) is 1. The Morgan fingerprint density at radius 3 is 2.55 bits per heavy atom. The molecule has 0 bridgehead atoms. The first-order valence-electron chi connectivity index (χ1n) is 10.7. The molecule has 33 heavy (non-hydrogen) atoms. The number of likely N-dealkylation sites (tertiary alicyclic amines) is 1. The molecule has 5 rings (SSSR count).